The van der Waals surface area contributed by atoms with Crippen LogP contribution in [0.25, 0.3) is 0 Å². The van der Waals surface area contributed by atoms with Gasteiger partial charge in [0.05, 0.1) is 22.3 Å². The van der Waals surface area contributed by atoms with Gasteiger partial charge in [0, 0.05) is 26.1 Å². The first kappa shape index (κ1) is 25.3. The number of para-hydroxylation sites is 1. The number of nitrogens with one attached hydrogen (secondary N) is 1. The number of hydrogen-bond donors (Lipinski definition) is 1. The van der Waals surface area contributed by atoms with E-state index in [9.17, 15) is 14.4 Å². The predicted molar refractivity (Wildman–Crippen MR) is 122 cm³/mol. The van der Waals surface area contributed by atoms with Gasteiger partial charge in [0.25, 0.3) is 0 Å². The minimum atomic E-state index is -0.527. The Morgan fingerprint density at radius 3 is 2.26 bits per heavy atom. The van der Waals surface area contributed by atoms with Crippen molar-refractivity contribution < 1.29 is 19.1 Å². The van der Waals surface area contributed by atoms with Crippen LogP contribution < -0.4 is 5.32 Å². The average molecular weight is 472 g/mol. The molecule has 1 fully saturated rings. The smallest absolute Gasteiger partial charge is 0.410 e. The van der Waals surface area contributed by atoms with Crippen molar-refractivity contribution in [3.8, 4) is 0 Å². The van der Waals surface area contributed by atoms with Crippen LogP contribution in [0.5, 0.6) is 0 Å². The minimum Gasteiger partial charge on any atom is -0.444 e. The summed E-state index contributed by atoms with van der Waals surface area (Å²) in [5, 5.41) is 3.36. The van der Waals surface area contributed by atoms with Gasteiger partial charge in [-0.3, -0.25) is 9.59 Å². The molecular weight excluding hydrogens is 441 g/mol. The van der Waals surface area contributed by atoms with E-state index in [4.69, 9.17) is 27.9 Å². The number of likely N-dealkylation sites (N-methyl/N-ethyl adjacent to an activating group) is 1. The Hall–Kier alpha value is -1.99. The fraction of sp³-hybridized carbons (Fsp3) is 0.591. The number of halogens is 2. The molecule has 0 saturated carbocycles. The van der Waals surface area contributed by atoms with E-state index >= 15 is 0 Å². The number of ether oxygens (including phenoxy) is 1. The number of rotatable bonds is 6. The van der Waals surface area contributed by atoms with Gasteiger partial charge in [0.2, 0.25) is 11.8 Å². The standard InChI is InChI=1S/C22H31Cl2N3O4/c1-5-26(14-18(28)25-20-16(23)7-6-8-17(20)24)19(29)13-15-9-11-27(12-10-15)21(30)31-22(2,3)4/h6-8,15H,5,9-14H2,1-4H3,(H,25,28). The summed E-state index contributed by atoms with van der Waals surface area (Å²) in [5.74, 6) is -0.273. The first-order valence-electron chi connectivity index (χ1n) is 10.5. The number of nitrogens with zero attached hydrogens (tertiary/aromatic N) is 2. The first-order valence-corrected chi connectivity index (χ1v) is 11.2. The molecule has 1 N–H and O–H groups in total. The summed E-state index contributed by atoms with van der Waals surface area (Å²) in [7, 11) is 0. The molecule has 0 unspecified atom stereocenters. The number of likely N-dealkylation sites (tertiary alicyclic amines) is 1. The second kappa shape index (κ2) is 11.0. The predicted octanol–water partition coefficient (Wildman–Crippen LogP) is 4.82. The first-order chi connectivity index (χ1) is 14.5. The molecule has 1 heterocycles. The van der Waals surface area contributed by atoms with Crippen molar-refractivity contribution in [3.05, 3.63) is 28.2 Å². The third-order valence-electron chi connectivity index (χ3n) is 5.03. The van der Waals surface area contributed by atoms with E-state index < -0.39 is 5.60 Å². The summed E-state index contributed by atoms with van der Waals surface area (Å²) >= 11 is 12.2. The lowest BCUT2D eigenvalue weighted by atomic mass is 9.93. The molecule has 1 aliphatic rings. The lowest BCUT2D eigenvalue weighted by molar-refractivity contribution is -0.135. The van der Waals surface area contributed by atoms with Crippen LogP contribution in [0.3, 0.4) is 0 Å². The SMILES string of the molecule is CCN(CC(=O)Nc1c(Cl)cccc1Cl)C(=O)CC1CCN(C(=O)OC(C)(C)C)CC1. The number of amides is 3. The second-order valence-electron chi connectivity index (χ2n) is 8.67. The molecule has 172 valence electrons. The van der Waals surface area contributed by atoms with E-state index in [0.717, 1.165) is 12.8 Å². The van der Waals surface area contributed by atoms with E-state index in [-0.39, 0.29) is 30.4 Å². The van der Waals surface area contributed by atoms with Crippen LogP contribution in [0.1, 0.15) is 47.0 Å². The Morgan fingerprint density at radius 1 is 1.16 bits per heavy atom. The molecule has 2 rings (SSSR count). The van der Waals surface area contributed by atoms with Gasteiger partial charge in [-0.15, -0.1) is 0 Å². The van der Waals surface area contributed by atoms with Gasteiger partial charge >= 0.3 is 6.09 Å². The van der Waals surface area contributed by atoms with Gasteiger partial charge in [-0.1, -0.05) is 29.3 Å². The third kappa shape index (κ3) is 7.89. The van der Waals surface area contributed by atoms with Gasteiger partial charge in [0.15, 0.2) is 0 Å². The van der Waals surface area contributed by atoms with Crippen LogP contribution in [0.4, 0.5) is 10.5 Å². The molecule has 3 amide bonds. The number of carbonyl (C=O) groups excluding carboxylic acids is 3. The molecule has 1 saturated heterocycles. The van der Waals surface area contributed by atoms with Gasteiger partial charge in [-0.2, -0.15) is 0 Å². The molecule has 1 aliphatic heterocycles. The summed E-state index contributed by atoms with van der Waals surface area (Å²) in [4.78, 5) is 40.6. The summed E-state index contributed by atoms with van der Waals surface area (Å²) in [5.41, 5.74) is -0.186. The van der Waals surface area contributed by atoms with Crippen molar-refractivity contribution in [2.24, 2.45) is 5.92 Å². The monoisotopic (exact) mass is 471 g/mol. The molecule has 0 aromatic heterocycles. The van der Waals surface area contributed by atoms with E-state index in [1.807, 2.05) is 27.7 Å². The van der Waals surface area contributed by atoms with Crippen LogP contribution in [0.2, 0.25) is 10.0 Å². The summed E-state index contributed by atoms with van der Waals surface area (Å²) in [6, 6.07) is 4.96. The van der Waals surface area contributed by atoms with Crippen molar-refractivity contribution in [2.45, 2.75) is 52.6 Å². The van der Waals surface area contributed by atoms with Gasteiger partial charge in [-0.25, -0.2) is 4.79 Å². The highest BCUT2D eigenvalue weighted by molar-refractivity contribution is 6.39. The van der Waals surface area contributed by atoms with Crippen molar-refractivity contribution in [3.63, 3.8) is 0 Å². The number of anilines is 1. The summed E-state index contributed by atoms with van der Waals surface area (Å²) in [6.07, 6.45) is 1.48. The minimum absolute atomic E-state index is 0.0758. The Bertz CT molecular complexity index is 782. The molecular formula is C22H31Cl2N3O4. The number of carbonyl (C=O) groups is 3. The molecule has 0 radical (unpaired) electrons. The van der Waals surface area contributed by atoms with E-state index in [2.05, 4.69) is 5.32 Å². The van der Waals surface area contributed by atoms with Crippen molar-refractivity contribution in [1.29, 1.82) is 0 Å². The van der Waals surface area contributed by atoms with E-state index in [1.54, 1.807) is 23.1 Å². The quantitative estimate of drug-likeness (QED) is 0.644. The molecule has 0 atom stereocenters. The highest BCUT2D eigenvalue weighted by Crippen LogP contribution is 2.29. The Kier molecular flexibility index (Phi) is 9.01. The Balaban J connectivity index is 1.84. The topological polar surface area (TPSA) is 79.0 Å². The van der Waals surface area contributed by atoms with Crippen LogP contribution >= 0.6 is 23.2 Å². The highest BCUT2D eigenvalue weighted by atomic mass is 35.5. The van der Waals surface area contributed by atoms with Crippen LogP contribution in [-0.2, 0) is 14.3 Å². The Labute approximate surface area is 194 Å². The number of hydrogen-bond acceptors (Lipinski definition) is 4. The largest absolute Gasteiger partial charge is 0.444 e. The second-order valence-corrected chi connectivity index (χ2v) is 9.48. The van der Waals surface area contributed by atoms with Crippen molar-refractivity contribution in [1.82, 2.24) is 9.80 Å². The lowest BCUT2D eigenvalue weighted by Crippen LogP contribution is -2.43. The fourth-order valence-electron chi connectivity index (χ4n) is 3.37. The molecule has 1 aromatic carbocycles. The molecule has 1 aromatic rings. The molecule has 7 nitrogen and oxygen atoms in total. The highest BCUT2D eigenvalue weighted by Gasteiger charge is 2.29. The normalized spacial score (nSPS) is 14.8. The molecule has 0 bridgehead atoms. The zero-order chi connectivity index (χ0) is 23.2. The third-order valence-corrected chi connectivity index (χ3v) is 5.66. The lowest BCUT2D eigenvalue weighted by Gasteiger charge is -2.34. The Morgan fingerprint density at radius 2 is 1.74 bits per heavy atom. The summed E-state index contributed by atoms with van der Waals surface area (Å²) in [6.45, 7) is 8.81. The summed E-state index contributed by atoms with van der Waals surface area (Å²) < 4.78 is 5.41. The van der Waals surface area contributed by atoms with E-state index in [1.165, 1.54) is 4.90 Å². The van der Waals surface area contributed by atoms with Crippen molar-refractivity contribution >= 4 is 46.8 Å². The maximum atomic E-state index is 12.8. The number of benzene rings is 1. The van der Waals surface area contributed by atoms with E-state index in [0.29, 0.717) is 41.8 Å². The van der Waals surface area contributed by atoms with Crippen LogP contribution in [-0.4, -0.2) is 59.5 Å². The maximum Gasteiger partial charge on any atom is 0.410 e. The molecule has 0 aliphatic carbocycles. The van der Waals surface area contributed by atoms with Gasteiger partial charge in [0.1, 0.15) is 5.60 Å². The average Bonchev–Trinajstić information content (AvgIpc) is 2.68. The molecule has 31 heavy (non-hydrogen) atoms. The van der Waals surface area contributed by atoms with Crippen molar-refractivity contribution in [2.75, 3.05) is 31.5 Å². The van der Waals surface area contributed by atoms with Crippen LogP contribution in [0, 0.1) is 5.92 Å². The zero-order valence-electron chi connectivity index (χ0n) is 18.5. The molecule has 9 heteroatoms. The fourth-order valence-corrected chi connectivity index (χ4v) is 3.86. The van der Waals surface area contributed by atoms with Crippen LogP contribution in [0.15, 0.2) is 18.2 Å². The molecule has 0 spiro atoms. The number of piperidine rings is 1. The van der Waals surface area contributed by atoms with Gasteiger partial charge in [-0.05, 0) is 58.6 Å². The zero-order valence-corrected chi connectivity index (χ0v) is 20.1. The van der Waals surface area contributed by atoms with Gasteiger partial charge < -0.3 is 19.9 Å². The maximum absolute atomic E-state index is 12.8.